The highest BCUT2D eigenvalue weighted by Gasteiger charge is 2.09. The number of aryl methyl sites for hydroxylation is 1. The molecular formula is C10H11N3O. The number of aromatic nitrogens is 2. The molecule has 0 radical (unpaired) electrons. The minimum absolute atomic E-state index is 0.201. The second kappa shape index (κ2) is 3.06. The molecule has 14 heavy (non-hydrogen) atoms. The predicted molar refractivity (Wildman–Crippen MR) is 54.8 cm³/mol. The van der Waals surface area contributed by atoms with Gasteiger partial charge in [-0.25, -0.2) is 0 Å². The Labute approximate surface area is 81.4 Å². The maximum Gasteiger partial charge on any atom is 0.125 e. The molecule has 0 bridgehead atoms. The molecule has 0 fully saturated rings. The zero-order valence-electron chi connectivity index (χ0n) is 7.78. The van der Waals surface area contributed by atoms with Crippen LogP contribution in [0.3, 0.4) is 0 Å². The van der Waals surface area contributed by atoms with E-state index in [-0.39, 0.29) is 5.75 Å². The molecule has 1 heterocycles. The van der Waals surface area contributed by atoms with Gasteiger partial charge in [-0.1, -0.05) is 11.6 Å². The van der Waals surface area contributed by atoms with E-state index >= 15 is 0 Å². The van der Waals surface area contributed by atoms with Crippen molar-refractivity contribution in [1.82, 2.24) is 10.2 Å². The number of aromatic amines is 1. The largest absolute Gasteiger partial charge is 0.507 e. The van der Waals surface area contributed by atoms with Crippen molar-refractivity contribution in [3.05, 3.63) is 30.0 Å². The van der Waals surface area contributed by atoms with Crippen LogP contribution in [0.2, 0.25) is 0 Å². The quantitative estimate of drug-likeness (QED) is 0.638. The summed E-state index contributed by atoms with van der Waals surface area (Å²) in [5.74, 6) is 0.201. The Morgan fingerprint density at radius 2 is 2.21 bits per heavy atom. The first kappa shape index (κ1) is 8.62. The van der Waals surface area contributed by atoms with Crippen molar-refractivity contribution in [3.8, 4) is 17.0 Å². The topological polar surface area (TPSA) is 74.9 Å². The van der Waals surface area contributed by atoms with E-state index in [9.17, 15) is 5.11 Å². The van der Waals surface area contributed by atoms with Crippen LogP contribution in [0.25, 0.3) is 11.3 Å². The summed E-state index contributed by atoms with van der Waals surface area (Å²) < 4.78 is 0. The highest BCUT2D eigenvalue weighted by molar-refractivity contribution is 5.76. The van der Waals surface area contributed by atoms with Gasteiger partial charge < -0.3 is 10.8 Å². The molecule has 72 valence electrons. The molecule has 4 nitrogen and oxygen atoms in total. The average molecular weight is 189 g/mol. The first-order valence-corrected chi connectivity index (χ1v) is 4.27. The summed E-state index contributed by atoms with van der Waals surface area (Å²) in [6, 6.07) is 5.34. The van der Waals surface area contributed by atoms with Gasteiger partial charge in [-0.15, -0.1) is 0 Å². The van der Waals surface area contributed by atoms with Crippen LogP contribution in [0, 0.1) is 6.92 Å². The van der Waals surface area contributed by atoms with Gasteiger partial charge in [0.25, 0.3) is 0 Å². The standard InChI is InChI=1S/C10H11N3O/c1-6-2-3-9(14)7(4-6)10-8(11)5-12-13-10/h2-5,14H,11H2,1H3,(H,12,13). The Hall–Kier alpha value is -1.97. The molecule has 0 amide bonds. The van der Waals surface area contributed by atoms with Crippen molar-refractivity contribution < 1.29 is 5.11 Å². The highest BCUT2D eigenvalue weighted by Crippen LogP contribution is 2.31. The third-order valence-electron chi connectivity index (χ3n) is 2.09. The molecule has 0 aliphatic heterocycles. The number of aromatic hydroxyl groups is 1. The number of hydrogen-bond acceptors (Lipinski definition) is 3. The Bertz CT molecular complexity index is 462. The number of nitrogens with one attached hydrogen (secondary N) is 1. The monoisotopic (exact) mass is 189 g/mol. The van der Waals surface area contributed by atoms with E-state index in [1.807, 2.05) is 19.1 Å². The molecule has 4 heteroatoms. The molecular weight excluding hydrogens is 178 g/mol. The Kier molecular flexibility index (Phi) is 1.89. The van der Waals surface area contributed by atoms with Crippen molar-refractivity contribution in [2.75, 3.05) is 5.73 Å². The lowest BCUT2D eigenvalue weighted by Gasteiger charge is -2.04. The zero-order valence-corrected chi connectivity index (χ0v) is 7.78. The summed E-state index contributed by atoms with van der Waals surface area (Å²) in [4.78, 5) is 0. The summed E-state index contributed by atoms with van der Waals surface area (Å²) in [7, 11) is 0. The van der Waals surface area contributed by atoms with Crippen molar-refractivity contribution >= 4 is 5.69 Å². The van der Waals surface area contributed by atoms with E-state index in [2.05, 4.69) is 10.2 Å². The number of nitrogen functional groups attached to an aromatic ring is 1. The van der Waals surface area contributed by atoms with Crippen LogP contribution < -0.4 is 5.73 Å². The summed E-state index contributed by atoms with van der Waals surface area (Å²) in [5.41, 5.74) is 8.62. The molecule has 0 atom stereocenters. The molecule has 1 aromatic heterocycles. The molecule has 1 aromatic carbocycles. The lowest BCUT2D eigenvalue weighted by molar-refractivity contribution is 0.477. The fourth-order valence-corrected chi connectivity index (χ4v) is 1.36. The summed E-state index contributed by atoms with van der Waals surface area (Å²) in [5, 5.41) is 16.2. The summed E-state index contributed by atoms with van der Waals surface area (Å²) >= 11 is 0. The Balaban J connectivity index is 2.62. The number of nitrogens with two attached hydrogens (primary N) is 1. The first-order chi connectivity index (χ1) is 6.68. The SMILES string of the molecule is Cc1ccc(O)c(-c2[nH]ncc2N)c1. The van der Waals surface area contributed by atoms with Crippen LogP contribution >= 0.6 is 0 Å². The van der Waals surface area contributed by atoms with Crippen LogP contribution in [0.1, 0.15) is 5.56 Å². The fourth-order valence-electron chi connectivity index (χ4n) is 1.36. The van der Waals surface area contributed by atoms with Gasteiger partial charge in [0.05, 0.1) is 17.6 Å². The zero-order chi connectivity index (χ0) is 10.1. The third kappa shape index (κ3) is 1.31. The molecule has 0 unspecified atom stereocenters. The fraction of sp³-hybridized carbons (Fsp3) is 0.100. The second-order valence-corrected chi connectivity index (χ2v) is 3.22. The van der Waals surface area contributed by atoms with E-state index in [4.69, 9.17) is 5.73 Å². The number of phenolic OH excluding ortho intramolecular Hbond substituents is 1. The van der Waals surface area contributed by atoms with E-state index < -0.39 is 0 Å². The summed E-state index contributed by atoms with van der Waals surface area (Å²) in [6.45, 7) is 1.95. The van der Waals surface area contributed by atoms with Gasteiger partial charge in [0, 0.05) is 5.56 Å². The lowest BCUT2D eigenvalue weighted by Crippen LogP contribution is -1.87. The van der Waals surface area contributed by atoms with E-state index in [1.165, 1.54) is 6.20 Å². The van der Waals surface area contributed by atoms with Crippen molar-refractivity contribution in [2.24, 2.45) is 0 Å². The van der Waals surface area contributed by atoms with Crippen LogP contribution in [0.4, 0.5) is 5.69 Å². The highest BCUT2D eigenvalue weighted by atomic mass is 16.3. The number of anilines is 1. The van der Waals surface area contributed by atoms with Gasteiger partial charge in [-0.05, 0) is 19.1 Å². The van der Waals surface area contributed by atoms with E-state index in [0.29, 0.717) is 16.9 Å². The molecule has 2 aromatic rings. The summed E-state index contributed by atoms with van der Waals surface area (Å²) in [6.07, 6.45) is 1.52. The predicted octanol–water partition coefficient (Wildman–Crippen LogP) is 1.67. The molecule has 0 saturated carbocycles. The average Bonchev–Trinajstić information content (AvgIpc) is 2.56. The van der Waals surface area contributed by atoms with Crippen LogP contribution in [-0.4, -0.2) is 15.3 Å². The van der Waals surface area contributed by atoms with Gasteiger partial charge >= 0.3 is 0 Å². The third-order valence-corrected chi connectivity index (χ3v) is 2.09. The Morgan fingerprint density at radius 3 is 2.86 bits per heavy atom. The van der Waals surface area contributed by atoms with Crippen LogP contribution in [0.15, 0.2) is 24.4 Å². The maximum absolute atomic E-state index is 9.63. The molecule has 2 rings (SSSR count). The van der Waals surface area contributed by atoms with Gasteiger partial charge in [0.2, 0.25) is 0 Å². The number of H-pyrrole nitrogens is 1. The molecule has 4 N–H and O–H groups in total. The van der Waals surface area contributed by atoms with Gasteiger partial charge in [0.1, 0.15) is 5.75 Å². The number of benzene rings is 1. The van der Waals surface area contributed by atoms with E-state index in [1.54, 1.807) is 6.07 Å². The number of hydrogen-bond donors (Lipinski definition) is 3. The van der Waals surface area contributed by atoms with Crippen LogP contribution in [-0.2, 0) is 0 Å². The molecule has 0 aliphatic carbocycles. The molecule has 0 spiro atoms. The van der Waals surface area contributed by atoms with Crippen molar-refractivity contribution in [2.45, 2.75) is 6.92 Å². The van der Waals surface area contributed by atoms with E-state index in [0.717, 1.165) is 5.56 Å². The number of nitrogens with zero attached hydrogens (tertiary/aromatic N) is 1. The first-order valence-electron chi connectivity index (χ1n) is 4.27. The second-order valence-electron chi connectivity index (χ2n) is 3.22. The number of phenols is 1. The molecule has 0 saturated heterocycles. The normalized spacial score (nSPS) is 10.4. The molecule has 0 aliphatic rings. The van der Waals surface area contributed by atoms with Crippen LogP contribution in [0.5, 0.6) is 5.75 Å². The van der Waals surface area contributed by atoms with Crippen molar-refractivity contribution in [3.63, 3.8) is 0 Å². The minimum Gasteiger partial charge on any atom is -0.507 e. The smallest absolute Gasteiger partial charge is 0.125 e. The lowest BCUT2D eigenvalue weighted by atomic mass is 10.1. The Morgan fingerprint density at radius 1 is 1.43 bits per heavy atom. The minimum atomic E-state index is 0.201. The number of rotatable bonds is 1. The van der Waals surface area contributed by atoms with Crippen molar-refractivity contribution in [1.29, 1.82) is 0 Å². The van der Waals surface area contributed by atoms with Gasteiger partial charge in [-0.3, -0.25) is 5.10 Å². The maximum atomic E-state index is 9.63. The van der Waals surface area contributed by atoms with Gasteiger partial charge in [-0.2, -0.15) is 5.10 Å². The van der Waals surface area contributed by atoms with Gasteiger partial charge in [0.15, 0.2) is 0 Å².